The highest BCUT2D eigenvalue weighted by molar-refractivity contribution is 5.77. The molecular formula is C20H19N5O3. The molecule has 0 spiro atoms. The van der Waals surface area contributed by atoms with Crippen LogP contribution in [0.1, 0.15) is 11.4 Å². The smallest absolute Gasteiger partial charge is 0.258 e. The highest BCUT2D eigenvalue weighted by Gasteiger charge is 2.16. The van der Waals surface area contributed by atoms with Crippen molar-refractivity contribution < 1.29 is 9.47 Å². The molecule has 0 aliphatic heterocycles. The molecule has 0 amide bonds. The molecule has 2 aromatic carbocycles. The highest BCUT2D eigenvalue weighted by Crippen LogP contribution is 2.36. The number of fused-ring (bicyclic) bond motifs is 1. The largest absolute Gasteiger partial charge is 0.496 e. The van der Waals surface area contributed by atoms with Crippen LogP contribution in [0.5, 0.6) is 11.5 Å². The first kappa shape index (κ1) is 17.7. The van der Waals surface area contributed by atoms with Gasteiger partial charge in [0, 0.05) is 11.1 Å². The van der Waals surface area contributed by atoms with Crippen LogP contribution in [0.15, 0.2) is 47.4 Å². The van der Waals surface area contributed by atoms with Crippen molar-refractivity contribution in [2.75, 3.05) is 14.2 Å². The molecule has 142 valence electrons. The van der Waals surface area contributed by atoms with Gasteiger partial charge in [0.2, 0.25) is 0 Å². The zero-order chi connectivity index (χ0) is 19.7. The van der Waals surface area contributed by atoms with E-state index in [1.165, 1.54) is 0 Å². The van der Waals surface area contributed by atoms with E-state index in [4.69, 9.17) is 9.47 Å². The maximum Gasteiger partial charge on any atom is 0.258 e. The standard InChI is InChI=1S/C20H19N5O3/c1-12-17(27-2)9-8-13(19(12)28-3)16-10-25(24-23-16)11-18-21-15-7-5-4-6-14(15)20(26)22-18/h4-10H,11H2,1-3H3,(H,21,22,26). The molecule has 8 heteroatoms. The van der Waals surface area contributed by atoms with Crippen molar-refractivity contribution in [2.24, 2.45) is 0 Å². The topological polar surface area (TPSA) is 94.9 Å². The Labute approximate surface area is 160 Å². The zero-order valence-electron chi connectivity index (χ0n) is 15.8. The normalized spacial score (nSPS) is 11.0. The van der Waals surface area contributed by atoms with Crippen molar-refractivity contribution in [1.82, 2.24) is 25.0 Å². The minimum atomic E-state index is -0.173. The molecule has 0 unspecified atom stereocenters. The van der Waals surface area contributed by atoms with Crippen molar-refractivity contribution in [3.63, 3.8) is 0 Å². The van der Waals surface area contributed by atoms with Gasteiger partial charge in [-0.3, -0.25) is 4.79 Å². The van der Waals surface area contributed by atoms with E-state index in [9.17, 15) is 4.79 Å². The van der Waals surface area contributed by atoms with E-state index in [0.29, 0.717) is 34.7 Å². The summed E-state index contributed by atoms with van der Waals surface area (Å²) in [4.78, 5) is 19.5. The molecule has 0 bridgehead atoms. The second-order valence-corrected chi connectivity index (χ2v) is 6.30. The number of methoxy groups -OCH3 is 2. The Kier molecular flexibility index (Phi) is 4.52. The van der Waals surface area contributed by atoms with E-state index < -0.39 is 0 Å². The predicted molar refractivity (Wildman–Crippen MR) is 105 cm³/mol. The van der Waals surface area contributed by atoms with Gasteiger partial charge in [-0.2, -0.15) is 0 Å². The summed E-state index contributed by atoms with van der Waals surface area (Å²) >= 11 is 0. The lowest BCUT2D eigenvalue weighted by molar-refractivity contribution is 0.390. The number of aromatic amines is 1. The van der Waals surface area contributed by atoms with E-state index in [2.05, 4.69) is 20.3 Å². The van der Waals surface area contributed by atoms with Crippen molar-refractivity contribution in [3.05, 3.63) is 64.3 Å². The number of hydrogen-bond donors (Lipinski definition) is 1. The second-order valence-electron chi connectivity index (χ2n) is 6.30. The maximum absolute atomic E-state index is 12.2. The van der Waals surface area contributed by atoms with Gasteiger partial charge in [-0.25, -0.2) is 9.67 Å². The molecule has 8 nitrogen and oxygen atoms in total. The third-order valence-electron chi connectivity index (χ3n) is 4.57. The number of nitrogens with zero attached hydrogens (tertiary/aromatic N) is 4. The summed E-state index contributed by atoms with van der Waals surface area (Å²) in [6.07, 6.45) is 1.79. The molecule has 1 N–H and O–H groups in total. The Morgan fingerprint density at radius 1 is 1.11 bits per heavy atom. The SMILES string of the molecule is COc1ccc(-c2cn(Cc3nc4ccccc4c(=O)[nH]3)nn2)c(OC)c1C. The second kappa shape index (κ2) is 7.15. The molecule has 0 saturated heterocycles. The first-order valence-electron chi connectivity index (χ1n) is 8.70. The summed E-state index contributed by atoms with van der Waals surface area (Å²) in [5.41, 5.74) is 2.83. The van der Waals surface area contributed by atoms with Gasteiger partial charge in [-0.05, 0) is 31.2 Å². The number of benzene rings is 2. The van der Waals surface area contributed by atoms with Gasteiger partial charge in [0.1, 0.15) is 29.6 Å². The zero-order valence-corrected chi connectivity index (χ0v) is 15.8. The number of H-pyrrole nitrogens is 1. The number of nitrogens with one attached hydrogen (secondary N) is 1. The van der Waals surface area contributed by atoms with Crippen LogP contribution in [0.2, 0.25) is 0 Å². The fourth-order valence-corrected chi connectivity index (χ4v) is 3.22. The van der Waals surface area contributed by atoms with E-state index in [1.54, 1.807) is 31.2 Å². The fourth-order valence-electron chi connectivity index (χ4n) is 3.22. The lowest BCUT2D eigenvalue weighted by Crippen LogP contribution is -2.14. The molecule has 28 heavy (non-hydrogen) atoms. The van der Waals surface area contributed by atoms with Gasteiger partial charge >= 0.3 is 0 Å². The van der Waals surface area contributed by atoms with E-state index >= 15 is 0 Å². The number of aromatic nitrogens is 5. The van der Waals surface area contributed by atoms with Gasteiger partial charge in [-0.1, -0.05) is 17.3 Å². The van der Waals surface area contributed by atoms with Crippen LogP contribution >= 0.6 is 0 Å². The Balaban J connectivity index is 1.68. The van der Waals surface area contributed by atoms with E-state index in [-0.39, 0.29) is 5.56 Å². The molecule has 0 aliphatic rings. The molecule has 0 radical (unpaired) electrons. The van der Waals surface area contributed by atoms with Crippen molar-refractivity contribution in [1.29, 1.82) is 0 Å². The predicted octanol–water partition coefficient (Wildman–Crippen LogP) is 2.56. The average Bonchev–Trinajstić information content (AvgIpc) is 3.16. The van der Waals surface area contributed by atoms with Crippen LogP contribution < -0.4 is 15.0 Å². The quantitative estimate of drug-likeness (QED) is 0.574. The molecule has 4 aromatic rings. The van der Waals surface area contributed by atoms with Crippen molar-refractivity contribution in [2.45, 2.75) is 13.5 Å². The number of para-hydroxylation sites is 1. The minimum Gasteiger partial charge on any atom is -0.496 e. The monoisotopic (exact) mass is 377 g/mol. The molecule has 4 rings (SSSR count). The Morgan fingerprint density at radius 2 is 1.93 bits per heavy atom. The lowest BCUT2D eigenvalue weighted by Gasteiger charge is -2.12. The maximum atomic E-state index is 12.2. The number of hydrogen-bond acceptors (Lipinski definition) is 6. The Hall–Kier alpha value is -3.68. The highest BCUT2D eigenvalue weighted by atomic mass is 16.5. The van der Waals surface area contributed by atoms with Gasteiger partial charge in [0.05, 0.1) is 31.3 Å². The van der Waals surface area contributed by atoms with Crippen LogP contribution in [0, 0.1) is 6.92 Å². The van der Waals surface area contributed by atoms with Gasteiger partial charge in [0.15, 0.2) is 0 Å². The van der Waals surface area contributed by atoms with Gasteiger partial charge in [0.25, 0.3) is 5.56 Å². The summed E-state index contributed by atoms with van der Waals surface area (Å²) in [5.74, 6) is 1.94. The summed E-state index contributed by atoms with van der Waals surface area (Å²) in [5, 5.41) is 8.97. The van der Waals surface area contributed by atoms with Crippen molar-refractivity contribution >= 4 is 10.9 Å². The van der Waals surface area contributed by atoms with E-state index in [1.807, 2.05) is 37.3 Å². The molecule has 2 aromatic heterocycles. The molecular weight excluding hydrogens is 358 g/mol. The third-order valence-corrected chi connectivity index (χ3v) is 4.57. The van der Waals surface area contributed by atoms with Crippen molar-refractivity contribution in [3.8, 4) is 22.8 Å². The molecule has 0 atom stereocenters. The third kappa shape index (κ3) is 3.09. The Morgan fingerprint density at radius 3 is 2.71 bits per heavy atom. The van der Waals surface area contributed by atoms with E-state index in [0.717, 1.165) is 16.9 Å². The summed E-state index contributed by atoms with van der Waals surface area (Å²) in [6, 6.07) is 11.0. The number of ether oxygens (including phenoxy) is 2. The van der Waals surface area contributed by atoms with Gasteiger partial charge < -0.3 is 14.5 Å². The van der Waals surface area contributed by atoms with Crippen LogP contribution in [0.25, 0.3) is 22.2 Å². The number of rotatable bonds is 5. The molecule has 0 fully saturated rings. The first-order valence-corrected chi connectivity index (χ1v) is 8.70. The summed E-state index contributed by atoms with van der Waals surface area (Å²) in [7, 11) is 3.23. The molecule has 0 aliphatic carbocycles. The minimum absolute atomic E-state index is 0.173. The molecule has 2 heterocycles. The lowest BCUT2D eigenvalue weighted by atomic mass is 10.1. The Bertz CT molecular complexity index is 1210. The molecule has 0 saturated carbocycles. The van der Waals surface area contributed by atoms with Crippen LogP contribution in [0.3, 0.4) is 0 Å². The van der Waals surface area contributed by atoms with Crippen LogP contribution in [-0.4, -0.2) is 39.2 Å². The average molecular weight is 377 g/mol. The van der Waals surface area contributed by atoms with Gasteiger partial charge in [-0.15, -0.1) is 5.10 Å². The van der Waals surface area contributed by atoms with Crippen LogP contribution in [-0.2, 0) is 6.54 Å². The summed E-state index contributed by atoms with van der Waals surface area (Å²) in [6.45, 7) is 2.22. The van der Waals surface area contributed by atoms with Crippen LogP contribution in [0.4, 0.5) is 0 Å². The first-order chi connectivity index (χ1) is 13.6. The summed E-state index contributed by atoms with van der Waals surface area (Å²) < 4.78 is 12.5. The fraction of sp³-hybridized carbons (Fsp3) is 0.200.